The molecule has 0 saturated heterocycles. The summed E-state index contributed by atoms with van der Waals surface area (Å²) >= 11 is 3.36. The summed E-state index contributed by atoms with van der Waals surface area (Å²) in [5.41, 5.74) is -0.294. The predicted octanol–water partition coefficient (Wildman–Crippen LogP) is 2.27. The molecule has 3 nitrogen and oxygen atoms in total. The van der Waals surface area contributed by atoms with Crippen molar-refractivity contribution in [1.29, 1.82) is 0 Å². The van der Waals surface area contributed by atoms with Crippen LogP contribution < -0.4 is 4.72 Å². The summed E-state index contributed by atoms with van der Waals surface area (Å²) in [6.45, 7) is 3.99. The van der Waals surface area contributed by atoms with Crippen molar-refractivity contribution < 1.29 is 8.42 Å². The second-order valence-corrected chi connectivity index (χ2v) is 7.24. The monoisotopic (exact) mass is 297 g/mol. The van der Waals surface area contributed by atoms with Crippen LogP contribution in [-0.2, 0) is 10.0 Å². The van der Waals surface area contributed by atoms with Crippen molar-refractivity contribution >= 4 is 26.0 Å². The maximum absolute atomic E-state index is 11.8. The first-order chi connectivity index (χ1) is 6.91. The lowest BCUT2D eigenvalue weighted by molar-refractivity contribution is 0.392. The maximum atomic E-state index is 11.8. The fourth-order valence-electron chi connectivity index (χ4n) is 1.52. The maximum Gasteiger partial charge on any atom is 0.212 e. The number of hydrogen-bond acceptors (Lipinski definition) is 2. The molecule has 1 aliphatic rings. The topological polar surface area (TPSA) is 46.2 Å². The fourth-order valence-corrected chi connectivity index (χ4v) is 4.43. The summed E-state index contributed by atoms with van der Waals surface area (Å²) < 4.78 is 26.4. The van der Waals surface area contributed by atoms with Gasteiger partial charge >= 0.3 is 0 Å². The minimum absolute atomic E-state index is 0.294. The molecule has 1 fully saturated rings. The normalized spacial score (nSPS) is 21.3. The van der Waals surface area contributed by atoms with Crippen molar-refractivity contribution in [3.05, 3.63) is 0 Å². The van der Waals surface area contributed by atoms with Crippen molar-refractivity contribution in [1.82, 2.24) is 4.72 Å². The van der Waals surface area contributed by atoms with Crippen molar-refractivity contribution in [3.63, 3.8) is 0 Å². The van der Waals surface area contributed by atoms with Gasteiger partial charge in [-0.1, -0.05) is 22.9 Å². The molecule has 0 radical (unpaired) electrons. The Morgan fingerprint density at radius 2 is 2.07 bits per heavy atom. The molecule has 0 bridgehead atoms. The average Bonchev–Trinajstić information content (AvgIpc) is 2.86. The summed E-state index contributed by atoms with van der Waals surface area (Å²) in [5.74, 6) is 0.720. The Labute approximate surface area is 101 Å². The third-order valence-electron chi connectivity index (χ3n) is 2.98. The van der Waals surface area contributed by atoms with Crippen LogP contribution in [0.3, 0.4) is 0 Å². The van der Waals surface area contributed by atoms with E-state index in [-0.39, 0.29) is 5.54 Å². The average molecular weight is 298 g/mol. The Morgan fingerprint density at radius 1 is 1.47 bits per heavy atom. The highest BCUT2D eigenvalue weighted by atomic mass is 79.9. The molecule has 0 spiro atoms. The zero-order valence-corrected chi connectivity index (χ0v) is 11.8. The van der Waals surface area contributed by atoms with Gasteiger partial charge in [-0.05, 0) is 38.5 Å². The first kappa shape index (κ1) is 13.5. The van der Waals surface area contributed by atoms with Crippen LogP contribution in [0.25, 0.3) is 0 Å². The van der Waals surface area contributed by atoms with Crippen LogP contribution in [0, 0.1) is 5.92 Å². The molecule has 1 N–H and O–H groups in total. The van der Waals surface area contributed by atoms with Gasteiger partial charge in [-0.25, -0.2) is 13.1 Å². The molecule has 5 heteroatoms. The lowest BCUT2D eigenvalue weighted by Crippen LogP contribution is -2.46. The quantitative estimate of drug-likeness (QED) is 0.733. The van der Waals surface area contributed by atoms with Crippen LogP contribution in [0.1, 0.15) is 39.5 Å². The highest BCUT2D eigenvalue weighted by Gasteiger charge is 2.32. The molecule has 1 rings (SSSR count). The van der Waals surface area contributed by atoms with Gasteiger partial charge in [-0.3, -0.25) is 0 Å². The van der Waals surface area contributed by atoms with Gasteiger partial charge in [-0.15, -0.1) is 0 Å². The summed E-state index contributed by atoms with van der Waals surface area (Å²) in [4.78, 5) is 0. The van der Waals surface area contributed by atoms with E-state index in [2.05, 4.69) is 20.7 Å². The van der Waals surface area contributed by atoms with Crippen LogP contribution in [-0.4, -0.2) is 25.0 Å². The minimum atomic E-state index is -3.08. The third kappa shape index (κ3) is 4.83. The molecule has 0 aromatic carbocycles. The Bertz CT molecular complexity index is 301. The van der Waals surface area contributed by atoms with Gasteiger partial charge in [0.25, 0.3) is 0 Å². The molecule has 0 heterocycles. The van der Waals surface area contributed by atoms with Crippen molar-refractivity contribution in [2.45, 2.75) is 45.1 Å². The molecule has 0 aromatic rings. The second-order valence-electron chi connectivity index (χ2n) is 4.68. The number of rotatable bonds is 7. The van der Waals surface area contributed by atoms with E-state index in [1.807, 2.05) is 13.8 Å². The third-order valence-corrected chi connectivity index (χ3v) is 5.09. The van der Waals surface area contributed by atoms with Crippen LogP contribution in [0.2, 0.25) is 0 Å². The van der Waals surface area contributed by atoms with Gasteiger partial charge in [0.05, 0.1) is 5.75 Å². The van der Waals surface area contributed by atoms with Gasteiger partial charge in [-0.2, -0.15) is 0 Å². The van der Waals surface area contributed by atoms with E-state index in [1.54, 1.807) is 0 Å². The molecule has 0 amide bonds. The van der Waals surface area contributed by atoms with Gasteiger partial charge in [0, 0.05) is 10.9 Å². The minimum Gasteiger partial charge on any atom is -0.212 e. The van der Waals surface area contributed by atoms with E-state index in [9.17, 15) is 8.42 Å². The highest BCUT2D eigenvalue weighted by molar-refractivity contribution is 9.09. The highest BCUT2D eigenvalue weighted by Crippen LogP contribution is 2.30. The molecule has 15 heavy (non-hydrogen) atoms. The fraction of sp³-hybridized carbons (Fsp3) is 1.00. The smallest absolute Gasteiger partial charge is 0.212 e. The van der Waals surface area contributed by atoms with Gasteiger partial charge < -0.3 is 0 Å². The first-order valence-electron chi connectivity index (χ1n) is 5.48. The SMILES string of the molecule is CCC(C)(CCBr)NS(=O)(=O)CC1CC1. The Hall–Kier alpha value is 0.390. The second kappa shape index (κ2) is 5.15. The predicted molar refractivity (Wildman–Crippen MR) is 66.8 cm³/mol. The van der Waals surface area contributed by atoms with Crippen LogP contribution in [0.5, 0.6) is 0 Å². The van der Waals surface area contributed by atoms with Crippen molar-refractivity contribution in [2.24, 2.45) is 5.92 Å². The zero-order chi connectivity index (χ0) is 11.5. The van der Waals surface area contributed by atoms with Crippen LogP contribution >= 0.6 is 15.9 Å². The van der Waals surface area contributed by atoms with Gasteiger partial charge in [0.2, 0.25) is 10.0 Å². The largest absolute Gasteiger partial charge is 0.212 e. The lowest BCUT2D eigenvalue weighted by Gasteiger charge is -2.28. The van der Waals surface area contributed by atoms with E-state index < -0.39 is 10.0 Å². The summed E-state index contributed by atoms with van der Waals surface area (Å²) in [6.07, 6.45) is 3.79. The molecule has 0 aromatic heterocycles. The Kier molecular flexibility index (Phi) is 4.62. The molecule has 90 valence electrons. The molecule has 1 saturated carbocycles. The molecule has 1 aliphatic carbocycles. The van der Waals surface area contributed by atoms with Gasteiger partial charge in [0.15, 0.2) is 0 Å². The summed E-state index contributed by atoms with van der Waals surface area (Å²) in [5, 5.41) is 0.823. The molecular weight excluding hydrogens is 278 g/mol. The first-order valence-corrected chi connectivity index (χ1v) is 8.26. The number of nitrogens with one attached hydrogen (secondary N) is 1. The van der Waals surface area contributed by atoms with Gasteiger partial charge in [0.1, 0.15) is 0 Å². The number of hydrogen-bond donors (Lipinski definition) is 1. The number of halogens is 1. The summed E-state index contributed by atoms with van der Waals surface area (Å²) in [7, 11) is -3.08. The van der Waals surface area contributed by atoms with E-state index in [0.29, 0.717) is 11.7 Å². The Balaban J connectivity index is 2.55. The van der Waals surface area contributed by atoms with E-state index in [1.165, 1.54) is 0 Å². The molecule has 1 unspecified atom stereocenters. The lowest BCUT2D eigenvalue weighted by atomic mass is 9.98. The number of sulfonamides is 1. The van der Waals surface area contributed by atoms with Crippen molar-refractivity contribution in [3.8, 4) is 0 Å². The molecule has 1 atom stereocenters. The van der Waals surface area contributed by atoms with E-state index >= 15 is 0 Å². The van der Waals surface area contributed by atoms with Crippen molar-refractivity contribution in [2.75, 3.05) is 11.1 Å². The van der Waals surface area contributed by atoms with E-state index in [4.69, 9.17) is 0 Å². The van der Waals surface area contributed by atoms with Crippen LogP contribution in [0.4, 0.5) is 0 Å². The standard InChI is InChI=1S/C10H20BrNO2S/c1-3-10(2,6-7-11)12-15(13,14)8-9-4-5-9/h9,12H,3-8H2,1-2H3. The Morgan fingerprint density at radius 3 is 2.47 bits per heavy atom. The summed E-state index contributed by atoms with van der Waals surface area (Å²) in [6, 6.07) is 0. The zero-order valence-electron chi connectivity index (χ0n) is 9.42. The van der Waals surface area contributed by atoms with Crippen LogP contribution in [0.15, 0.2) is 0 Å². The molecular formula is C10H20BrNO2S. The molecule has 0 aliphatic heterocycles. The number of alkyl halides is 1. The van der Waals surface area contributed by atoms with E-state index in [0.717, 1.165) is 31.0 Å².